The van der Waals surface area contributed by atoms with E-state index in [2.05, 4.69) is 33.6 Å². The van der Waals surface area contributed by atoms with Crippen LogP contribution >= 0.6 is 0 Å². The Morgan fingerprint density at radius 3 is 2.71 bits per heavy atom. The van der Waals surface area contributed by atoms with Crippen LogP contribution in [0.1, 0.15) is 45.2 Å². The van der Waals surface area contributed by atoms with E-state index >= 15 is 0 Å². The van der Waals surface area contributed by atoms with Gasteiger partial charge in [-0.2, -0.15) is 5.26 Å². The van der Waals surface area contributed by atoms with E-state index in [0.29, 0.717) is 29.1 Å². The molecule has 1 fully saturated rings. The fraction of sp³-hybridized carbons (Fsp3) is 0.524. The zero-order chi connectivity index (χ0) is 20.4. The Kier molecular flexibility index (Phi) is 5.64. The van der Waals surface area contributed by atoms with Crippen LogP contribution < -0.4 is 10.6 Å². The van der Waals surface area contributed by atoms with Crippen molar-refractivity contribution in [1.29, 1.82) is 5.26 Å². The highest BCUT2D eigenvalue weighted by atomic mass is 16.5. The van der Waals surface area contributed by atoms with Crippen LogP contribution in [0.2, 0.25) is 0 Å². The third kappa shape index (κ3) is 4.29. The van der Waals surface area contributed by atoms with Crippen molar-refractivity contribution < 1.29 is 9.53 Å². The summed E-state index contributed by atoms with van der Waals surface area (Å²) in [4.78, 5) is 21.6. The second kappa shape index (κ2) is 7.82. The Hall–Kier alpha value is -2.56. The van der Waals surface area contributed by atoms with E-state index in [1.165, 1.54) is 0 Å². The second-order valence-corrected chi connectivity index (χ2v) is 8.50. The highest BCUT2D eigenvalue weighted by Gasteiger charge is 2.40. The second-order valence-electron chi connectivity index (χ2n) is 8.50. The van der Waals surface area contributed by atoms with Gasteiger partial charge in [-0.15, -0.1) is 0 Å². The summed E-state index contributed by atoms with van der Waals surface area (Å²) in [7, 11) is 0. The number of nitrogens with one attached hydrogen (secondary N) is 2. The maximum atomic E-state index is 12.8. The van der Waals surface area contributed by atoms with E-state index in [0.717, 1.165) is 18.5 Å². The highest BCUT2D eigenvalue weighted by Crippen LogP contribution is 2.35. The lowest BCUT2D eigenvalue weighted by Crippen LogP contribution is -2.58. The number of rotatable bonds is 4. The van der Waals surface area contributed by atoms with Crippen LogP contribution in [0.5, 0.6) is 0 Å². The lowest BCUT2D eigenvalue weighted by molar-refractivity contribution is -0.133. The van der Waals surface area contributed by atoms with Gasteiger partial charge in [0.1, 0.15) is 18.2 Å². The van der Waals surface area contributed by atoms with Gasteiger partial charge < -0.3 is 15.4 Å². The smallest absolute Gasteiger partial charge is 0.246 e. The maximum absolute atomic E-state index is 12.8. The molecule has 148 valence electrons. The van der Waals surface area contributed by atoms with E-state index in [4.69, 9.17) is 4.74 Å². The fourth-order valence-electron chi connectivity index (χ4n) is 3.76. The summed E-state index contributed by atoms with van der Waals surface area (Å²) in [6.45, 7) is 9.36. The molecule has 28 heavy (non-hydrogen) atoms. The fourth-order valence-corrected chi connectivity index (χ4v) is 3.76. The van der Waals surface area contributed by atoms with Crippen LogP contribution in [0.4, 0.5) is 0 Å². The summed E-state index contributed by atoms with van der Waals surface area (Å²) in [5, 5.41) is 16.0. The molecule has 7 heteroatoms. The van der Waals surface area contributed by atoms with Crippen LogP contribution in [0.25, 0.3) is 11.0 Å². The predicted molar refractivity (Wildman–Crippen MR) is 106 cm³/mol. The summed E-state index contributed by atoms with van der Waals surface area (Å²) in [5.74, 6) is 0.187. The van der Waals surface area contributed by atoms with E-state index in [1.54, 1.807) is 18.5 Å². The topological polar surface area (TPSA) is 99.9 Å². The summed E-state index contributed by atoms with van der Waals surface area (Å²) in [6.07, 6.45) is 3.96. The van der Waals surface area contributed by atoms with Gasteiger partial charge in [0.25, 0.3) is 0 Å². The number of benzene rings is 1. The Bertz CT molecular complexity index is 915. The number of piperidine rings is 1. The molecule has 1 aliphatic heterocycles. The molecule has 0 spiro atoms. The van der Waals surface area contributed by atoms with E-state index in [9.17, 15) is 10.1 Å². The minimum Gasteiger partial charge on any atom is -0.366 e. The number of fused-ring (bicyclic) bond motifs is 1. The maximum Gasteiger partial charge on any atom is 0.246 e. The molecule has 7 nitrogen and oxygen atoms in total. The van der Waals surface area contributed by atoms with E-state index in [1.807, 2.05) is 26.8 Å². The minimum atomic E-state index is -0.641. The summed E-state index contributed by atoms with van der Waals surface area (Å²) < 4.78 is 5.66. The van der Waals surface area contributed by atoms with Crippen molar-refractivity contribution in [1.82, 2.24) is 20.6 Å². The number of hydrogen-bond acceptors (Lipinski definition) is 6. The summed E-state index contributed by atoms with van der Waals surface area (Å²) >= 11 is 0. The first-order valence-corrected chi connectivity index (χ1v) is 9.54. The molecule has 2 heterocycles. The Morgan fingerprint density at radius 2 is 2.07 bits per heavy atom. The number of ether oxygens (including phenoxy) is 1. The standard InChI is InChI=1S/C21H27N5O2/c1-14-9-21(13-23-11-14,26-17(27)12-28-20(2,3)4)16-6-5-15(10-22)18-19(16)25-8-7-24-18/h5-8,14,23H,9,11-13H2,1-4H3,(H,26,27)/t14-,21-/m0/s1. The van der Waals surface area contributed by atoms with Crippen LogP contribution in [0.3, 0.4) is 0 Å². The van der Waals surface area contributed by atoms with Gasteiger partial charge in [0.05, 0.1) is 22.2 Å². The van der Waals surface area contributed by atoms with Crippen LogP contribution in [0.15, 0.2) is 24.5 Å². The zero-order valence-corrected chi connectivity index (χ0v) is 16.9. The van der Waals surface area contributed by atoms with Crippen molar-refractivity contribution in [2.45, 2.75) is 45.3 Å². The van der Waals surface area contributed by atoms with Gasteiger partial charge in [-0.3, -0.25) is 14.8 Å². The predicted octanol–water partition coefficient (Wildman–Crippen LogP) is 2.26. The van der Waals surface area contributed by atoms with Gasteiger partial charge in [-0.05, 0) is 45.7 Å². The molecular weight excluding hydrogens is 354 g/mol. The first kappa shape index (κ1) is 20.2. The molecule has 0 radical (unpaired) electrons. The molecule has 1 amide bonds. The lowest BCUT2D eigenvalue weighted by Gasteiger charge is -2.42. The number of carbonyl (C=O) groups is 1. The van der Waals surface area contributed by atoms with Crippen molar-refractivity contribution >= 4 is 16.9 Å². The molecule has 0 unspecified atom stereocenters. The Morgan fingerprint density at radius 1 is 1.36 bits per heavy atom. The molecule has 1 saturated heterocycles. The third-order valence-electron chi connectivity index (χ3n) is 4.89. The van der Waals surface area contributed by atoms with Crippen LogP contribution in [0, 0.1) is 17.2 Å². The quantitative estimate of drug-likeness (QED) is 0.843. The van der Waals surface area contributed by atoms with Gasteiger partial charge in [-0.1, -0.05) is 13.0 Å². The lowest BCUT2D eigenvalue weighted by atomic mass is 9.78. The minimum absolute atomic E-state index is 0.0144. The largest absolute Gasteiger partial charge is 0.366 e. The average molecular weight is 381 g/mol. The van der Waals surface area contributed by atoms with E-state index in [-0.39, 0.29) is 12.5 Å². The molecule has 1 aromatic heterocycles. The van der Waals surface area contributed by atoms with Crippen molar-refractivity contribution in [3.63, 3.8) is 0 Å². The summed E-state index contributed by atoms with van der Waals surface area (Å²) in [6, 6.07) is 5.82. The molecule has 0 saturated carbocycles. The third-order valence-corrected chi connectivity index (χ3v) is 4.89. The monoisotopic (exact) mass is 381 g/mol. The molecule has 2 N–H and O–H groups in total. The normalized spacial score (nSPS) is 22.6. The SMILES string of the molecule is C[C@@H]1CNC[C@](NC(=O)COC(C)(C)C)(c2ccc(C#N)c3nccnc23)C1. The first-order chi connectivity index (χ1) is 13.2. The van der Waals surface area contributed by atoms with Crippen molar-refractivity contribution in [3.8, 4) is 6.07 Å². The van der Waals surface area contributed by atoms with Gasteiger partial charge >= 0.3 is 0 Å². The Balaban J connectivity index is 2.03. The number of amides is 1. The van der Waals surface area contributed by atoms with Crippen LogP contribution in [-0.2, 0) is 15.1 Å². The molecule has 0 aliphatic carbocycles. The molecule has 1 aromatic carbocycles. The number of carbonyl (C=O) groups excluding carboxylic acids is 1. The summed E-state index contributed by atoms with van der Waals surface area (Å²) in [5.41, 5.74) is 1.52. The molecular formula is C21H27N5O2. The van der Waals surface area contributed by atoms with Crippen molar-refractivity contribution in [3.05, 3.63) is 35.7 Å². The number of nitriles is 1. The highest BCUT2D eigenvalue weighted by molar-refractivity contribution is 5.86. The first-order valence-electron chi connectivity index (χ1n) is 9.54. The van der Waals surface area contributed by atoms with Gasteiger partial charge in [0, 0.05) is 24.5 Å². The molecule has 0 bridgehead atoms. The number of hydrogen-bond donors (Lipinski definition) is 2. The van der Waals surface area contributed by atoms with Crippen LogP contribution in [-0.4, -0.2) is 41.2 Å². The zero-order valence-electron chi connectivity index (χ0n) is 16.9. The number of aromatic nitrogens is 2. The molecule has 3 rings (SSSR count). The van der Waals surface area contributed by atoms with Crippen molar-refractivity contribution in [2.24, 2.45) is 5.92 Å². The van der Waals surface area contributed by atoms with Gasteiger partial charge in [-0.25, -0.2) is 0 Å². The molecule has 2 atom stereocenters. The Labute approximate surface area is 165 Å². The van der Waals surface area contributed by atoms with Gasteiger partial charge in [0.2, 0.25) is 5.91 Å². The van der Waals surface area contributed by atoms with E-state index < -0.39 is 11.1 Å². The molecule has 1 aliphatic rings. The van der Waals surface area contributed by atoms with Gasteiger partial charge in [0.15, 0.2) is 0 Å². The molecule has 2 aromatic rings. The van der Waals surface area contributed by atoms with Crippen molar-refractivity contribution in [2.75, 3.05) is 19.7 Å². The average Bonchev–Trinajstić information content (AvgIpc) is 2.65. The number of nitrogens with zero attached hydrogens (tertiary/aromatic N) is 3.